The van der Waals surface area contributed by atoms with Gasteiger partial charge in [-0.25, -0.2) is 0 Å². The zero-order valence-electron chi connectivity index (χ0n) is 8.71. The highest BCUT2D eigenvalue weighted by Crippen LogP contribution is 2.29. The Morgan fingerprint density at radius 2 is 2.31 bits per heavy atom. The maximum Gasteiger partial charge on any atom is 0.0638 e. The molecule has 0 bridgehead atoms. The Labute approximate surface area is 81.3 Å². The summed E-state index contributed by atoms with van der Waals surface area (Å²) in [4.78, 5) is 0. The van der Waals surface area contributed by atoms with E-state index in [1.807, 2.05) is 0 Å². The third-order valence-corrected chi connectivity index (χ3v) is 2.96. The molecule has 0 amide bonds. The minimum Gasteiger partial charge on any atom is -0.313 e. The summed E-state index contributed by atoms with van der Waals surface area (Å²) >= 11 is 0. The average Bonchev–Trinajstić information content (AvgIpc) is 2.49. The first-order valence-electron chi connectivity index (χ1n) is 5.32. The van der Waals surface area contributed by atoms with Crippen LogP contribution in [-0.2, 0) is 0 Å². The van der Waals surface area contributed by atoms with Crippen LogP contribution < -0.4 is 5.32 Å². The number of hydrogen-bond donors (Lipinski definition) is 1. The van der Waals surface area contributed by atoms with Gasteiger partial charge in [0.1, 0.15) is 0 Å². The molecule has 74 valence electrons. The average molecular weight is 180 g/mol. The molecule has 1 saturated carbocycles. The fourth-order valence-corrected chi connectivity index (χ4v) is 2.09. The molecule has 2 nitrogen and oxygen atoms in total. The topological polar surface area (TPSA) is 35.8 Å². The third kappa shape index (κ3) is 3.78. The van der Waals surface area contributed by atoms with Gasteiger partial charge in [0.2, 0.25) is 0 Å². The first kappa shape index (κ1) is 10.5. The summed E-state index contributed by atoms with van der Waals surface area (Å²) in [6, 6.07) is 2.55. The maximum atomic E-state index is 8.48. The van der Waals surface area contributed by atoms with E-state index in [0.29, 0.717) is 12.5 Å². The molecule has 0 aliphatic heterocycles. The lowest BCUT2D eigenvalue weighted by Crippen LogP contribution is -2.30. The van der Waals surface area contributed by atoms with Gasteiger partial charge in [0.05, 0.1) is 12.5 Å². The van der Waals surface area contributed by atoms with Crippen LogP contribution >= 0.6 is 0 Å². The second-order valence-corrected chi connectivity index (χ2v) is 4.46. The minimum atomic E-state index is 0.362. The van der Waals surface area contributed by atoms with Crippen molar-refractivity contribution >= 4 is 0 Å². The second-order valence-electron chi connectivity index (χ2n) is 4.46. The lowest BCUT2D eigenvalue weighted by Gasteiger charge is -2.14. The van der Waals surface area contributed by atoms with E-state index >= 15 is 0 Å². The van der Waals surface area contributed by atoms with Crippen LogP contribution in [0.4, 0.5) is 0 Å². The molecule has 0 saturated heterocycles. The predicted molar refractivity (Wildman–Crippen MR) is 54.2 cm³/mol. The number of nitrogens with zero attached hydrogens (tertiary/aromatic N) is 1. The Morgan fingerprint density at radius 1 is 1.54 bits per heavy atom. The van der Waals surface area contributed by atoms with E-state index in [4.69, 9.17) is 5.26 Å². The van der Waals surface area contributed by atoms with Crippen molar-refractivity contribution in [2.75, 3.05) is 6.54 Å². The smallest absolute Gasteiger partial charge is 0.0638 e. The molecule has 3 unspecified atom stereocenters. The van der Waals surface area contributed by atoms with Gasteiger partial charge in [-0.1, -0.05) is 13.3 Å². The van der Waals surface area contributed by atoms with Crippen LogP contribution in [0.25, 0.3) is 0 Å². The van der Waals surface area contributed by atoms with Crippen molar-refractivity contribution in [1.82, 2.24) is 5.32 Å². The quantitative estimate of drug-likeness (QED) is 0.720. The van der Waals surface area contributed by atoms with Crippen LogP contribution in [0.3, 0.4) is 0 Å². The summed E-state index contributed by atoms with van der Waals surface area (Å²) in [5.41, 5.74) is 0. The predicted octanol–water partition coefficient (Wildman–Crippen LogP) is 2.31. The van der Waals surface area contributed by atoms with Gasteiger partial charge in [0.25, 0.3) is 0 Å². The van der Waals surface area contributed by atoms with E-state index in [9.17, 15) is 0 Å². The van der Waals surface area contributed by atoms with Gasteiger partial charge < -0.3 is 5.32 Å². The molecule has 1 N–H and O–H groups in total. The van der Waals surface area contributed by atoms with Gasteiger partial charge in [-0.05, 0) is 38.1 Å². The first-order valence-corrected chi connectivity index (χ1v) is 5.32. The Morgan fingerprint density at radius 3 is 2.85 bits per heavy atom. The van der Waals surface area contributed by atoms with Crippen molar-refractivity contribution in [1.29, 1.82) is 5.26 Å². The van der Waals surface area contributed by atoms with Gasteiger partial charge in [-0.2, -0.15) is 5.26 Å². The summed E-state index contributed by atoms with van der Waals surface area (Å²) in [7, 11) is 0. The van der Waals surface area contributed by atoms with Crippen LogP contribution in [0.5, 0.6) is 0 Å². The second kappa shape index (κ2) is 5.24. The first-order chi connectivity index (χ1) is 6.22. The van der Waals surface area contributed by atoms with Crippen molar-refractivity contribution in [3.8, 4) is 6.07 Å². The highest BCUT2D eigenvalue weighted by molar-refractivity contribution is 4.80. The summed E-state index contributed by atoms with van der Waals surface area (Å²) in [6.07, 6.45) is 4.75. The van der Waals surface area contributed by atoms with Crippen molar-refractivity contribution in [3.63, 3.8) is 0 Å². The zero-order valence-corrected chi connectivity index (χ0v) is 8.71. The lowest BCUT2D eigenvalue weighted by atomic mass is 10.1. The Bertz CT molecular complexity index is 183. The molecule has 0 radical (unpaired) electrons. The van der Waals surface area contributed by atoms with Crippen LogP contribution in [0.2, 0.25) is 0 Å². The monoisotopic (exact) mass is 180 g/mol. The standard InChI is InChI=1S/C11H20N2/c1-9-3-4-11(7-9)8-13-10(2)5-6-12/h9-11,13H,3-5,7-8H2,1-2H3. The molecule has 0 aromatic heterocycles. The van der Waals surface area contributed by atoms with Crippen LogP contribution in [0, 0.1) is 23.2 Å². The SMILES string of the molecule is CC1CCC(CNC(C)CC#N)C1. The fraction of sp³-hybridized carbons (Fsp3) is 0.909. The van der Waals surface area contributed by atoms with Gasteiger partial charge in [-0.3, -0.25) is 0 Å². The maximum absolute atomic E-state index is 8.48. The molecular weight excluding hydrogens is 160 g/mol. The summed E-state index contributed by atoms with van der Waals surface area (Å²) in [5, 5.41) is 11.9. The third-order valence-electron chi connectivity index (χ3n) is 2.96. The highest BCUT2D eigenvalue weighted by Gasteiger charge is 2.21. The Kier molecular flexibility index (Phi) is 4.24. The highest BCUT2D eigenvalue weighted by atomic mass is 14.9. The molecular formula is C11H20N2. The van der Waals surface area contributed by atoms with Crippen molar-refractivity contribution in [2.45, 2.75) is 45.6 Å². The van der Waals surface area contributed by atoms with E-state index in [2.05, 4.69) is 25.2 Å². The number of hydrogen-bond acceptors (Lipinski definition) is 2. The molecule has 0 aromatic carbocycles. The summed E-state index contributed by atoms with van der Waals surface area (Å²) < 4.78 is 0. The van der Waals surface area contributed by atoms with E-state index in [-0.39, 0.29) is 0 Å². The molecule has 0 spiro atoms. The fourth-order valence-electron chi connectivity index (χ4n) is 2.09. The van der Waals surface area contributed by atoms with Crippen LogP contribution in [0.15, 0.2) is 0 Å². The van der Waals surface area contributed by atoms with E-state index in [1.54, 1.807) is 0 Å². The van der Waals surface area contributed by atoms with Gasteiger partial charge in [0, 0.05) is 6.04 Å². The van der Waals surface area contributed by atoms with E-state index in [0.717, 1.165) is 18.4 Å². The summed E-state index contributed by atoms with van der Waals surface area (Å²) in [6.45, 7) is 5.52. The largest absolute Gasteiger partial charge is 0.313 e. The molecule has 1 fully saturated rings. The number of nitriles is 1. The molecule has 13 heavy (non-hydrogen) atoms. The van der Waals surface area contributed by atoms with Crippen molar-refractivity contribution in [3.05, 3.63) is 0 Å². The molecule has 2 heteroatoms. The molecule has 1 rings (SSSR count). The van der Waals surface area contributed by atoms with Gasteiger partial charge >= 0.3 is 0 Å². The Hall–Kier alpha value is -0.550. The summed E-state index contributed by atoms with van der Waals surface area (Å²) in [5.74, 6) is 1.77. The minimum absolute atomic E-state index is 0.362. The zero-order chi connectivity index (χ0) is 9.68. The van der Waals surface area contributed by atoms with Gasteiger partial charge in [0.15, 0.2) is 0 Å². The van der Waals surface area contributed by atoms with Gasteiger partial charge in [-0.15, -0.1) is 0 Å². The molecule has 0 heterocycles. The molecule has 0 aromatic rings. The normalized spacial score (nSPS) is 29.9. The van der Waals surface area contributed by atoms with Crippen LogP contribution in [0.1, 0.15) is 39.5 Å². The number of rotatable bonds is 4. The Balaban J connectivity index is 2.09. The van der Waals surface area contributed by atoms with E-state index in [1.165, 1.54) is 19.3 Å². The lowest BCUT2D eigenvalue weighted by molar-refractivity contribution is 0.436. The number of nitrogens with one attached hydrogen (secondary N) is 1. The molecule has 1 aliphatic carbocycles. The molecule has 3 atom stereocenters. The van der Waals surface area contributed by atoms with E-state index < -0.39 is 0 Å². The molecule has 1 aliphatic rings. The van der Waals surface area contributed by atoms with Crippen LogP contribution in [-0.4, -0.2) is 12.6 Å². The van der Waals surface area contributed by atoms with Crippen molar-refractivity contribution in [2.24, 2.45) is 11.8 Å². The van der Waals surface area contributed by atoms with Crippen molar-refractivity contribution < 1.29 is 0 Å².